The van der Waals surface area contributed by atoms with Crippen molar-refractivity contribution in [1.29, 1.82) is 0 Å². The molecule has 2 N–H and O–H groups in total. The van der Waals surface area contributed by atoms with Gasteiger partial charge in [0.05, 0.1) is 0 Å². The quantitative estimate of drug-likeness (QED) is 0.869. The summed E-state index contributed by atoms with van der Waals surface area (Å²) >= 11 is 0. The van der Waals surface area contributed by atoms with Crippen LogP contribution in [0.4, 0.5) is 5.82 Å². The maximum absolute atomic E-state index is 5.61. The van der Waals surface area contributed by atoms with Gasteiger partial charge in [0.2, 0.25) is 0 Å². The first-order valence-corrected chi connectivity index (χ1v) is 6.35. The fourth-order valence-corrected chi connectivity index (χ4v) is 2.29. The molecule has 0 amide bonds. The summed E-state index contributed by atoms with van der Waals surface area (Å²) in [5, 5.41) is 0. The minimum atomic E-state index is 0.587. The van der Waals surface area contributed by atoms with E-state index in [-0.39, 0.29) is 0 Å². The normalized spacial score (nSPS) is 21.3. The molecule has 0 aliphatic carbocycles. The van der Waals surface area contributed by atoms with Gasteiger partial charge in [0, 0.05) is 18.8 Å². The Bertz CT molecular complexity index is 394. The summed E-state index contributed by atoms with van der Waals surface area (Å²) in [5.74, 6) is 0.587. The van der Waals surface area contributed by atoms with Crippen molar-refractivity contribution >= 4 is 11.4 Å². The minimum absolute atomic E-state index is 0.587. The largest absolute Gasteiger partial charge is 0.384 e. The van der Waals surface area contributed by atoms with Crippen molar-refractivity contribution in [2.45, 2.75) is 32.7 Å². The third-order valence-electron chi connectivity index (χ3n) is 3.37. The van der Waals surface area contributed by atoms with Gasteiger partial charge in [-0.2, -0.15) is 0 Å². The Morgan fingerprint density at radius 1 is 1.47 bits per heavy atom. The van der Waals surface area contributed by atoms with Gasteiger partial charge in [-0.3, -0.25) is 4.90 Å². The maximum Gasteiger partial charge on any atom is 0.123 e. The number of anilines is 1. The monoisotopic (exact) mass is 231 g/mol. The summed E-state index contributed by atoms with van der Waals surface area (Å²) in [6.07, 6.45) is 6.54. The Morgan fingerprint density at radius 2 is 2.29 bits per heavy atom. The van der Waals surface area contributed by atoms with Gasteiger partial charge in [-0.05, 0) is 49.6 Å². The Kier molecular flexibility index (Phi) is 3.79. The highest BCUT2D eigenvalue weighted by Crippen LogP contribution is 2.24. The zero-order chi connectivity index (χ0) is 12.3. The highest BCUT2D eigenvalue weighted by Gasteiger charge is 2.19. The van der Waals surface area contributed by atoms with E-state index < -0.39 is 0 Å². The van der Waals surface area contributed by atoms with E-state index in [2.05, 4.69) is 35.9 Å². The number of nitrogens with zero attached hydrogens (tertiary/aromatic N) is 2. The van der Waals surface area contributed by atoms with E-state index >= 15 is 0 Å². The molecule has 1 aliphatic heterocycles. The molecule has 1 aromatic heterocycles. The van der Waals surface area contributed by atoms with Crippen LogP contribution in [0.15, 0.2) is 24.4 Å². The van der Waals surface area contributed by atoms with Crippen LogP contribution in [-0.2, 0) is 0 Å². The number of hydrogen-bond donors (Lipinski definition) is 1. The Labute approximate surface area is 103 Å². The van der Waals surface area contributed by atoms with Crippen molar-refractivity contribution in [2.24, 2.45) is 0 Å². The van der Waals surface area contributed by atoms with Gasteiger partial charge in [0.25, 0.3) is 0 Å². The lowest BCUT2D eigenvalue weighted by Gasteiger charge is -2.33. The molecule has 0 fully saturated rings. The summed E-state index contributed by atoms with van der Waals surface area (Å²) in [7, 11) is 0. The van der Waals surface area contributed by atoms with Crippen LogP contribution in [-0.4, -0.2) is 29.0 Å². The fourth-order valence-electron chi connectivity index (χ4n) is 2.29. The van der Waals surface area contributed by atoms with Crippen LogP contribution in [0.1, 0.15) is 32.3 Å². The molecule has 3 nitrogen and oxygen atoms in total. The molecule has 2 heterocycles. The first-order valence-electron chi connectivity index (χ1n) is 6.35. The molecule has 2 rings (SSSR count). The Morgan fingerprint density at radius 3 is 2.94 bits per heavy atom. The lowest BCUT2D eigenvalue weighted by Crippen LogP contribution is -2.37. The van der Waals surface area contributed by atoms with Crippen molar-refractivity contribution in [1.82, 2.24) is 9.88 Å². The van der Waals surface area contributed by atoms with Crippen LogP contribution < -0.4 is 5.73 Å². The molecule has 1 aromatic rings. The standard InChI is InChI=1S/C14H21N3/c1-3-8-17-10-13(5-4-11(17)2)12-6-7-14(15)16-9-12/h5-7,9,11H,3-4,8,10H2,1-2H3,(H2,15,16)/t11-/m0/s1. The van der Waals surface area contributed by atoms with E-state index in [1.165, 1.54) is 24.1 Å². The number of rotatable bonds is 3. The fraction of sp³-hybridized carbons (Fsp3) is 0.500. The van der Waals surface area contributed by atoms with Crippen molar-refractivity contribution in [2.75, 3.05) is 18.8 Å². The predicted octanol–water partition coefficient (Wildman–Crippen LogP) is 2.55. The van der Waals surface area contributed by atoms with Crippen LogP contribution >= 0.6 is 0 Å². The average Bonchev–Trinajstić information content (AvgIpc) is 2.33. The molecule has 0 unspecified atom stereocenters. The summed E-state index contributed by atoms with van der Waals surface area (Å²) in [6, 6.07) is 4.59. The van der Waals surface area contributed by atoms with Crippen LogP contribution in [0.3, 0.4) is 0 Å². The molecule has 3 heteroatoms. The van der Waals surface area contributed by atoms with Crippen molar-refractivity contribution in [3.8, 4) is 0 Å². The zero-order valence-electron chi connectivity index (χ0n) is 10.7. The van der Waals surface area contributed by atoms with E-state index in [9.17, 15) is 0 Å². The van der Waals surface area contributed by atoms with Crippen LogP contribution in [0.5, 0.6) is 0 Å². The summed E-state index contributed by atoms with van der Waals surface area (Å²) in [6.45, 7) is 6.72. The summed E-state index contributed by atoms with van der Waals surface area (Å²) in [4.78, 5) is 6.70. The van der Waals surface area contributed by atoms with Gasteiger partial charge in [0.1, 0.15) is 5.82 Å². The molecular weight excluding hydrogens is 210 g/mol. The van der Waals surface area contributed by atoms with Gasteiger partial charge in [-0.1, -0.05) is 13.0 Å². The second kappa shape index (κ2) is 5.32. The summed E-state index contributed by atoms with van der Waals surface area (Å²) < 4.78 is 0. The van der Waals surface area contributed by atoms with E-state index in [0.29, 0.717) is 11.9 Å². The van der Waals surface area contributed by atoms with E-state index in [4.69, 9.17) is 5.73 Å². The lowest BCUT2D eigenvalue weighted by atomic mass is 9.99. The van der Waals surface area contributed by atoms with Crippen LogP contribution in [0.25, 0.3) is 5.57 Å². The maximum atomic E-state index is 5.61. The second-order valence-corrected chi connectivity index (χ2v) is 4.76. The highest BCUT2D eigenvalue weighted by atomic mass is 15.1. The number of aromatic nitrogens is 1. The van der Waals surface area contributed by atoms with E-state index in [1.54, 1.807) is 0 Å². The van der Waals surface area contributed by atoms with E-state index in [1.807, 2.05) is 12.3 Å². The molecule has 0 saturated heterocycles. The second-order valence-electron chi connectivity index (χ2n) is 4.76. The predicted molar refractivity (Wildman–Crippen MR) is 72.6 cm³/mol. The number of pyridine rings is 1. The van der Waals surface area contributed by atoms with Gasteiger partial charge >= 0.3 is 0 Å². The molecule has 0 aromatic carbocycles. The number of hydrogen-bond acceptors (Lipinski definition) is 3. The molecule has 1 aliphatic rings. The Balaban J connectivity index is 2.14. The molecule has 0 saturated carbocycles. The average molecular weight is 231 g/mol. The smallest absolute Gasteiger partial charge is 0.123 e. The van der Waals surface area contributed by atoms with Crippen molar-refractivity contribution in [3.05, 3.63) is 30.0 Å². The van der Waals surface area contributed by atoms with Crippen LogP contribution in [0.2, 0.25) is 0 Å². The molecule has 0 spiro atoms. The number of nitrogens with two attached hydrogens (primary N) is 1. The van der Waals surface area contributed by atoms with E-state index in [0.717, 1.165) is 13.0 Å². The van der Waals surface area contributed by atoms with Gasteiger partial charge < -0.3 is 5.73 Å². The number of nitrogen functional groups attached to an aromatic ring is 1. The zero-order valence-corrected chi connectivity index (χ0v) is 10.7. The molecule has 0 bridgehead atoms. The van der Waals surface area contributed by atoms with Gasteiger partial charge in [0.15, 0.2) is 0 Å². The molecule has 1 atom stereocenters. The lowest BCUT2D eigenvalue weighted by molar-refractivity contribution is 0.228. The third kappa shape index (κ3) is 2.86. The minimum Gasteiger partial charge on any atom is -0.384 e. The van der Waals surface area contributed by atoms with Crippen molar-refractivity contribution < 1.29 is 0 Å². The third-order valence-corrected chi connectivity index (χ3v) is 3.37. The first-order chi connectivity index (χ1) is 8.20. The SMILES string of the molecule is CCCN1CC(c2ccc(N)nc2)=CC[C@@H]1C. The highest BCUT2D eigenvalue weighted by molar-refractivity contribution is 5.67. The molecular formula is C14H21N3. The molecule has 0 radical (unpaired) electrons. The van der Waals surface area contributed by atoms with Gasteiger partial charge in [-0.25, -0.2) is 4.98 Å². The molecule has 17 heavy (non-hydrogen) atoms. The first kappa shape index (κ1) is 12.1. The van der Waals surface area contributed by atoms with Gasteiger partial charge in [-0.15, -0.1) is 0 Å². The topological polar surface area (TPSA) is 42.1 Å². The van der Waals surface area contributed by atoms with Crippen LogP contribution in [0, 0.1) is 0 Å². The Hall–Kier alpha value is -1.35. The van der Waals surface area contributed by atoms with Crippen molar-refractivity contribution in [3.63, 3.8) is 0 Å². The summed E-state index contributed by atoms with van der Waals surface area (Å²) in [5.41, 5.74) is 8.19. The molecule has 92 valence electrons.